The first-order valence-electron chi connectivity index (χ1n) is 4.28. The highest BCUT2D eigenvalue weighted by Crippen LogP contribution is 2.27. The van der Waals surface area contributed by atoms with E-state index in [2.05, 4.69) is 31.0 Å². The van der Waals surface area contributed by atoms with Gasteiger partial charge in [-0.15, -0.1) is 11.3 Å². The minimum Gasteiger partial charge on any atom is -0.370 e. The van der Waals surface area contributed by atoms with Gasteiger partial charge in [0.2, 0.25) is 0 Å². The van der Waals surface area contributed by atoms with Crippen molar-refractivity contribution in [2.45, 2.75) is 26.3 Å². The van der Waals surface area contributed by atoms with Crippen LogP contribution in [0.1, 0.15) is 29.1 Å². The Bertz CT molecular complexity index is 300. The van der Waals surface area contributed by atoms with E-state index in [0.29, 0.717) is 0 Å². The Hall–Kier alpha value is -1.03. The summed E-state index contributed by atoms with van der Waals surface area (Å²) in [6.45, 7) is 4.16. The molecule has 1 atom stereocenters. The predicted octanol–water partition coefficient (Wildman–Crippen LogP) is 1.78. The number of guanidine groups is 1. The van der Waals surface area contributed by atoms with Gasteiger partial charge in [0.1, 0.15) is 0 Å². The second-order valence-corrected chi connectivity index (χ2v) is 4.25. The Balaban J connectivity index is 2.84. The van der Waals surface area contributed by atoms with Crippen molar-refractivity contribution < 1.29 is 0 Å². The Kier molecular flexibility index (Phi) is 3.31. The fraction of sp³-hybridized carbons (Fsp3) is 0.444. The topological polar surface area (TPSA) is 64.4 Å². The van der Waals surface area contributed by atoms with Gasteiger partial charge in [0.05, 0.1) is 6.04 Å². The van der Waals surface area contributed by atoms with Crippen LogP contribution in [-0.2, 0) is 0 Å². The average molecular weight is 197 g/mol. The molecule has 0 aromatic carbocycles. The molecule has 1 aromatic heterocycles. The zero-order valence-corrected chi connectivity index (χ0v) is 8.77. The van der Waals surface area contributed by atoms with Crippen LogP contribution < -0.4 is 11.5 Å². The number of nitrogens with zero attached hydrogens (tertiary/aromatic N) is 1. The summed E-state index contributed by atoms with van der Waals surface area (Å²) in [5, 5.41) is 0. The van der Waals surface area contributed by atoms with Crippen LogP contribution in [0.4, 0.5) is 0 Å². The molecule has 0 spiro atoms. The Labute approximate surface area is 82.5 Å². The molecule has 0 amide bonds. The smallest absolute Gasteiger partial charge is 0.186 e. The van der Waals surface area contributed by atoms with Gasteiger partial charge in [-0.05, 0) is 25.5 Å². The van der Waals surface area contributed by atoms with Crippen LogP contribution in [0.5, 0.6) is 0 Å². The van der Waals surface area contributed by atoms with Gasteiger partial charge in [0.15, 0.2) is 5.96 Å². The van der Waals surface area contributed by atoms with Gasteiger partial charge in [0.25, 0.3) is 0 Å². The predicted molar refractivity (Wildman–Crippen MR) is 57.9 cm³/mol. The molecular formula is C9H15N3S. The first kappa shape index (κ1) is 10.1. The molecule has 1 unspecified atom stereocenters. The largest absolute Gasteiger partial charge is 0.370 e. The monoisotopic (exact) mass is 197 g/mol. The zero-order chi connectivity index (χ0) is 9.84. The third-order valence-electron chi connectivity index (χ3n) is 1.78. The van der Waals surface area contributed by atoms with Crippen molar-refractivity contribution in [3.63, 3.8) is 0 Å². The first-order chi connectivity index (χ1) is 6.13. The van der Waals surface area contributed by atoms with Gasteiger partial charge < -0.3 is 11.5 Å². The van der Waals surface area contributed by atoms with Crippen LogP contribution in [0, 0.1) is 6.92 Å². The molecule has 0 radical (unpaired) electrons. The van der Waals surface area contributed by atoms with Crippen molar-refractivity contribution in [1.29, 1.82) is 0 Å². The molecule has 3 nitrogen and oxygen atoms in total. The molecule has 4 N–H and O–H groups in total. The van der Waals surface area contributed by atoms with Gasteiger partial charge in [0, 0.05) is 9.75 Å². The lowest BCUT2D eigenvalue weighted by atomic mass is 10.2. The van der Waals surface area contributed by atoms with E-state index >= 15 is 0 Å². The van der Waals surface area contributed by atoms with Gasteiger partial charge in [-0.3, -0.25) is 0 Å². The van der Waals surface area contributed by atoms with Crippen molar-refractivity contribution in [2.24, 2.45) is 16.5 Å². The SMILES string of the molecule is CCC(N=C(N)N)c1ccc(C)s1. The summed E-state index contributed by atoms with van der Waals surface area (Å²) in [6, 6.07) is 4.30. The second-order valence-electron chi connectivity index (χ2n) is 2.93. The summed E-state index contributed by atoms with van der Waals surface area (Å²) in [7, 11) is 0. The molecular weight excluding hydrogens is 182 g/mol. The highest BCUT2D eigenvalue weighted by atomic mass is 32.1. The van der Waals surface area contributed by atoms with Crippen molar-refractivity contribution in [2.75, 3.05) is 0 Å². The third kappa shape index (κ3) is 2.73. The van der Waals surface area contributed by atoms with Crippen LogP contribution in [0.25, 0.3) is 0 Å². The van der Waals surface area contributed by atoms with Crippen molar-refractivity contribution in [3.05, 3.63) is 21.9 Å². The zero-order valence-electron chi connectivity index (χ0n) is 7.95. The lowest BCUT2D eigenvalue weighted by Gasteiger charge is -2.06. The lowest BCUT2D eigenvalue weighted by Crippen LogP contribution is -2.23. The molecule has 0 fully saturated rings. The molecule has 1 rings (SSSR count). The quantitative estimate of drug-likeness (QED) is 0.573. The molecule has 0 aliphatic heterocycles. The van der Waals surface area contributed by atoms with E-state index in [-0.39, 0.29) is 12.0 Å². The number of aliphatic imine (C=N–C) groups is 1. The van der Waals surface area contributed by atoms with Crippen LogP contribution in [0.15, 0.2) is 17.1 Å². The van der Waals surface area contributed by atoms with Crippen molar-refractivity contribution >= 4 is 17.3 Å². The average Bonchev–Trinajstić information content (AvgIpc) is 2.47. The van der Waals surface area contributed by atoms with Gasteiger partial charge in [-0.1, -0.05) is 6.92 Å². The van der Waals surface area contributed by atoms with E-state index in [1.54, 1.807) is 11.3 Å². The molecule has 13 heavy (non-hydrogen) atoms. The summed E-state index contributed by atoms with van der Waals surface area (Å²) < 4.78 is 0. The van der Waals surface area contributed by atoms with Crippen molar-refractivity contribution in [1.82, 2.24) is 0 Å². The number of nitrogens with two attached hydrogens (primary N) is 2. The van der Waals surface area contributed by atoms with E-state index < -0.39 is 0 Å². The molecule has 0 bridgehead atoms. The molecule has 0 saturated carbocycles. The molecule has 72 valence electrons. The summed E-state index contributed by atoms with van der Waals surface area (Å²) >= 11 is 1.74. The van der Waals surface area contributed by atoms with Crippen LogP contribution >= 0.6 is 11.3 Å². The number of hydrogen-bond acceptors (Lipinski definition) is 2. The Morgan fingerprint density at radius 2 is 2.23 bits per heavy atom. The molecule has 0 aliphatic carbocycles. The Morgan fingerprint density at radius 1 is 1.54 bits per heavy atom. The first-order valence-corrected chi connectivity index (χ1v) is 5.10. The summed E-state index contributed by atoms with van der Waals surface area (Å²) in [5.74, 6) is 0.165. The van der Waals surface area contributed by atoms with E-state index in [1.807, 2.05) is 0 Å². The maximum Gasteiger partial charge on any atom is 0.186 e. The maximum atomic E-state index is 5.35. The van der Waals surface area contributed by atoms with Crippen LogP contribution in [0.2, 0.25) is 0 Å². The summed E-state index contributed by atoms with van der Waals surface area (Å²) in [6.07, 6.45) is 0.928. The van der Waals surface area contributed by atoms with Crippen LogP contribution in [-0.4, -0.2) is 5.96 Å². The van der Waals surface area contributed by atoms with E-state index in [1.165, 1.54) is 9.75 Å². The fourth-order valence-electron chi connectivity index (χ4n) is 1.17. The highest BCUT2D eigenvalue weighted by molar-refractivity contribution is 7.12. The number of rotatable bonds is 3. The number of thiophene rings is 1. The molecule has 0 saturated heterocycles. The van der Waals surface area contributed by atoms with E-state index in [0.717, 1.165) is 6.42 Å². The van der Waals surface area contributed by atoms with E-state index in [9.17, 15) is 0 Å². The fourth-order valence-corrected chi connectivity index (χ4v) is 2.17. The molecule has 1 heterocycles. The Morgan fingerprint density at radius 3 is 2.62 bits per heavy atom. The maximum absolute atomic E-state index is 5.35. The van der Waals surface area contributed by atoms with Gasteiger partial charge >= 0.3 is 0 Å². The van der Waals surface area contributed by atoms with Crippen LogP contribution in [0.3, 0.4) is 0 Å². The lowest BCUT2D eigenvalue weighted by molar-refractivity contribution is 0.712. The number of aryl methyl sites for hydroxylation is 1. The van der Waals surface area contributed by atoms with Gasteiger partial charge in [-0.25, -0.2) is 4.99 Å². The normalized spacial score (nSPS) is 12.5. The van der Waals surface area contributed by atoms with Crippen molar-refractivity contribution in [3.8, 4) is 0 Å². The van der Waals surface area contributed by atoms with E-state index in [4.69, 9.17) is 11.5 Å². The molecule has 1 aromatic rings. The minimum atomic E-state index is 0.128. The second kappa shape index (κ2) is 4.28. The highest BCUT2D eigenvalue weighted by Gasteiger charge is 2.09. The minimum absolute atomic E-state index is 0.128. The number of hydrogen-bond donors (Lipinski definition) is 2. The summed E-state index contributed by atoms with van der Waals surface area (Å²) in [4.78, 5) is 6.68. The summed E-state index contributed by atoms with van der Waals surface area (Å²) in [5.41, 5.74) is 10.7. The standard InChI is InChI=1S/C9H15N3S/c1-3-7(12-9(10)11)8-5-4-6(2)13-8/h4-5,7H,3H2,1-2H3,(H4,10,11,12). The van der Waals surface area contributed by atoms with Gasteiger partial charge in [-0.2, -0.15) is 0 Å². The molecule has 0 aliphatic rings. The third-order valence-corrected chi connectivity index (χ3v) is 2.88. The molecule has 4 heteroatoms.